The van der Waals surface area contributed by atoms with Crippen molar-refractivity contribution in [3.63, 3.8) is 0 Å². The first kappa shape index (κ1) is 11.8. The molecule has 0 spiro atoms. The van der Waals surface area contributed by atoms with Gasteiger partial charge in [-0.05, 0) is 17.0 Å². The Morgan fingerprint density at radius 2 is 1.92 bits per heavy atom. The van der Waals surface area contributed by atoms with Gasteiger partial charge in [0.15, 0.2) is 0 Å². The predicted molar refractivity (Wildman–Crippen MR) is 50.6 cm³/mol. The van der Waals surface area contributed by atoms with E-state index in [9.17, 15) is 13.2 Å². The first-order valence-corrected chi connectivity index (χ1v) is 6.77. The highest BCUT2D eigenvalue weighted by molar-refractivity contribution is 8.71. The molecular formula is C6H13NO3S2. The van der Waals surface area contributed by atoms with Gasteiger partial charge in [0.2, 0.25) is 14.8 Å². The van der Waals surface area contributed by atoms with Gasteiger partial charge in [0, 0.05) is 20.5 Å². The Bertz CT molecular complexity index is 246. The smallest absolute Gasteiger partial charge is 0.223 e. The normalized spacial score (nSPS) is 11.2. The molecule has 0 aromatic rings. The van der Waals surface area contributed by atoms with Crippen LogP contribution in [0.2, 0.25) is 0 Å². The third-order valence-electron chi connectivity index (χ3n) is 1.32. The molecule has 0 fully saturated rings. The second kappa shape index (κ2) is 4.71. The molecule has 0 heterocycles. The van der Waals surface area contributed by atoms with Crippen LogP contribution in [0.5, 0.6) is 0 Å². The Morgan fingerprint density at radius 3 is 2.25 bits per heavy atom. The van der Waals surface area contributed by atoms with Crippen molar-refractivity contribution < 1.29 is 13.2 Å². The van der Waals surface area contributed by atoms with E-state index < -0.39 is 8.87 Å². The molecule has 72 valence electrons. The van der Waals surface area contributed by atoms with E-state index in [1.165, 1.54) is 11.2 Å². The lowest BCUT2D eigenvalue weighted by Gasteiger charge is -2.08. The zero-order valence-corrected chi connectivity index (χ0v) is 9.04. The molecule has 1 amide bonds. The van der Waals surface area contributed by atoms with E-state index in [4.69, 9.17) is 0 Å². The topological polar surface area (TPSA) is 54.5 Å². The van der Waals surface area contributed by atoms with E-state index in [2.05, 4.69) is 0 Å². The SMILES string of the molecule is CSS(=O)(=O)CCC(=O)N(C)C. The molecule has 0 aliphatic heterocycles. The van der Waals surface area contributed by atoms with Crippen molar-refractivity contribution in [2.45, 2.75) is 6.42 Å². The molecule has 0 atom stereocenters. The molecule has 12 heavy (non-hydrogen) atoms. The fourth-order valence-corrected chi connectivity index (χ4v) is 1.86. The quantitative estimate of drug-likeness (QED) is 0.621. The lowest BCUT2D eigenvalue weighted by molar-refractivity contribution is -0.128. The molecule has 4 nitrogen and oxygen atoms in total. The largest absolute Gasteiger partial charge is 0.349 e. The van der Waals surface area contributed by atoms with E-state index in [1.54, 1.807) is 14.1 Å². The Morgan fingerprint density at radius 1 is 1.42 bits per heavy atom. The summed E-state index contributed by atoms with van der Waals surface area (Å²) in [6.07, 6.45) is 1.56. The molecule has 0 saturated carbocycles. The van der Waals surface area contributed by atoms with Crippen LogP contribution in [0.15, 0.2) is 0 Å². The molecule has 0 saturated heterocycles. The maximum absolute atomic E-state index is 11.0. The van der Waals surface area contributed by atoms with Gasteiger partial charge >= 0.3 is 0 Å². The Balaban J connectivity index is 3.93. The lowest BCUT2D eigenvalue weighted by Crippen LogP contribution is -2.23. The molecular weight excluding hydrogens is 198 g/mol. The van der Waals surface area contributed by atoms with Gasteiger partial charge in [0.05, 0.1) is 5.75 Å². The molecule has 0 rings (SSSR count). The summed E-state index contributed by atoms with van der Waals surface area (Å²) in [5, 5.41) is 0. The third kappa shape index (κ3) is 4.61. The van der Waals surface area contributed by atoms with Crippen LogP contribution < -0.4 is 0 Å². The second-order valence-electron chi connectivity index (χ2n) is 2.47. The van der Waals surface area contributed by atoms with Gasteiger partial charge in [-0.1, -0.05) is 0 Å². The van der Waals surface area contributed by atoms with Crippen LogP contribution in [-0.4, -0.2) is 45.3 Å². The summed E-state index contributed by atoms with van der Waals surface area (Å²) in [5.41, 5.74) is 0. The Hall–Kier alpha value is -0.230. The molecule has 0 unspecified atom stereocenters. The lowest BCUT2D eigenvalue weighted by atomic mass is 10.4. The zero-order valence-electron chi connectivity index (χ0n) is 7.40. The zero-order chi connectivity index (χ0) is 9.78. The summed E-state index contributed by atoms with van der Waals surface area (Å²) in [6, 6.07) is 0. The van der Waals surface area contributed by atoms with Gasteiger partial charge in [-0.3, -0.25) is 4.79 Å². The van der Waals surface area contributed by atoms with Crippen molar-refractivity contribution in [3.05, 3.63) is 0 Å². The van der Waals surface area contributed by atoms with Crippen molar-refractivity contribution in [3.8, 4) is 0 Å². The maximum atomic E-state index is 11.0. The Labute approximate surface area is 76.6 Å². The summed E-state index contributed by atoms with van der Waals surface area (Å²) in [4.78, 5) is 12.3. The molecule has 0 aliphatic rings. The van der Waals surface area contributed by atoms with E-state index in [-0.39, 0.29) is 18.1 Å². The average molecular weight is 211 g/mol. The number of carbonyl (C=O) groups is 1. The van der Waals surface area contributed by atoms with Gasteiger partial charge < -0.3 is 4.90 Å². The highest BCUT2D eigenvalue weighted by atomic mass is 33.1. The fraction of sp³-hybridized carbons (Fsp3) is 0.833. The number of rotatable bonds is 4. The Kier molecular flexibility index (Phi) is 4.62. The molecule has 6 heteroatoms. The first-order valence-electron chi connectivity index (χ1n) is 3.37. The predicted octanol–water partition coefficient (Wildman–Crippen LogP) is 0.157. The summed E-state index contributed by atoms with van der Waals surface area (Å²) in [6.45, 7) is 0. The van der Waals surface area contributed by atoms with Crippen molar-refractivity contribution in [2.75, 3.05) is 26.1 Å². The molecule has 0 aromatic heterocycles. The van der Waals surface area contributed by atoms with E-state index in [1.807, 2.05) is 0 Å². The van der Waals surface area contributed by atoms with Crippen LogP contribution >= 0.6 is 10.8 Å². The van der Waals surface area contributed by atoms with Crippen molar-refractivity contribution in [1.82, 2.24) is 4.90 Å². The van der Waals surface area contributed by atoms with Crippen LogP contribution in [-0.2, 0) is 13.7 Å². The van der Waals surface area contributed by atoms with Crippen LogP contribution in [0.4, 0.5) is 0 Å². The van der Waals surface area contributed by atoms with Gasteiger partial charge in [0.25, 0.3) is 0 Å². The number of nitrogens with zero attached hydrogens (tertiary/aromatic N) is 1. The number of hydrogen-bond acceptors (Lipinski definition) is 4. The fourth-order valence-electron chi connectivity index (χ4n) is 0.519. The minimum absolute atomic E-state index is 0.0656. The molecule has 0 aromatic carbocycles. The van der Waals surface area contributed by atoms with E-state index >= 15 is 0 Å². The summed E-state index contributed by atoms with van der Waals surface area (Å²) >= 11 is 0. The number of carbonyl (C=O) groups excluding carboxylic acids is 1. The van der Waals surface area contributed by atoms with Crippen molar-refractivity contribution in [2.24, 2.45) is 0 Å². The summed E-state index contributed by atoms with van der Waals surface area (Å²) < 4.78 is 21.8. The highest BCUT2D eigenvalue weighted by Crippen LogP contribution is 2.09. The maximum Gasteiger partial charge on any atom is 0.223 e. The average Bonchev–Trinajstić information content (AvgIpc) is 2.00. The highest BCUT2D eigenvalue weighted by Gasteiger charge is 2.12. The van der Waals surface area contributed by atoms with Gasteiger partial charge in [-0.25, -0.2) is 8.42 Å². The van der Waals surface area contributed by atoms with Crippen LogP contribution in [0.1, 0.15) is 6.42 Å². The molecule has 0 N–H and O–H groups in total. The van der Waals surface area contributed by atoms with Crippen LogP contribution in [0.3, 0.4) is 0 Å². The van der Waals surface area contributed by atoms with Gasteiger partial charge in [-0.2, -0.15) is 0 Å². The van der Waals surface area contributed by atoms with Crippen LogP contribution in [0, 0.1) is 0 Å². The second-order valence-corrected chi connectivity index (χ2v) is 6.85. The molecule has 0 bridgehead atoms. The number of amides is 1. The van der Waals surface area contributed by atoms with Gasteiger partial charge in [0.1, 0.15) is 0 Å². The molecule has 0 radical (unpaired) electrons. The van der Waals surface area contributed by atoms with Gasteiger partial charge in [-0.15, -0.1) is 0 Å². The number of hydrogen-bond donors (Lipinski definition) is 0. The van der Waals surface area contributed by atoms with E-state index in [0.29, 0.717) is 0 Å². The van der Waals surface area contributed by atoms with Crippen molar-refractivity contribution >= 4 is 25.6 Å². The monoisotopic (exact) mass is 211 g/mol. The molecule has 0 aliphatic carbocycles. The minimum Gasteiger partial charge on any atom is -0.349 e. The van der Waals surface area contributed by atoms with Crippen molar-refractivity contribution in [1.29, 1.82) is 0 Å². The standard InChI is InChI=1S/C6H13NO3S2/c1-7(2)6(8)4-5-12(9,10)11-3/h4-5H2,1-3H3. The van der Waals surface area contributed by atoms with Crippen LogP contribution in [0.25, 0.3) is 0 Å². The summed E-state index contributed by atoms with van der Waals surface area (Å²) in [7, 11) is 0.914. The summed E-state index contributed by atoms with van der Waals surface area (Å²) in [5.74, 6) is -0.238. The first-order chi connectivity index (χ1) is 5.39. The third-order valence-corrected chi connectivity index (χ3v) is 4.55. The minimum atomic E-state index is -3.08. The van der Waals surface area contributed by atoms with E-state index in [0.717, 1.165) is 10.8 Å².